The number of aromatic amines is 1. The summed E-state index contributed by atoms with van der Waals surface area (Å²) in [5.41, 5.74) is 0.637. The van der Waals surface area contributed by atoms with E-state index in [2.05, 4.69) is 15.2 Å². The van der Waals surface area contributed by atoms with E-state index in [0.717, 1.165) is 16.7 Å². The fourth-order valence-corrected chi connectivity index (χ4v) is 2.69. The number of ether oxygens (including phenoxy) is 1. The molecule has 2 amide bonds. The summed E-state index contributed by atoms with van der Waals surface area (Å²) in [5, 5.41) is 6.97. The molecule has 0 atom stereocenters. The van der Waals surface area contributed by atoms with Gasteiger partial charge in [-0.15, -0.1) is 5.10 Å². The Kier molecular flexibility index (Phi) is 4.11. The number of esters is 1. The highest BCUT2D eigenvalue weighted by Gasteiger charge is 2.35. The lowest BCUT2D eigenvalue weighted by Gasteiger charge is -2.13. The van der Waals surface area contributed by atoms with E-state index < -0.39 is 24.5 Å². The Balaban J connectivity index is 1.54. The molecule has 118 valence electrons. The van der Waals surface area contributed by atoms with E-state index in [1.807, 2.05) is 0 Å². The average molecular weight is 332 g/mol. The summed E-state index contributed by atoms with van der Waals surface area (Å²) >= 11 is 1.10. The minimum absolute atomic E-state index is 0.0134. The van der Waals surface area contributed by atoms with Crippen molar-refractivity contribution >= 4 is 29.5 Å². The molecular formula is C14H12N4O4S. The number of carbonyl (C=O) groups is 3. The number of nitrogens with one attached hydrogen (secondary N) is 1. The monoisotopic (exact) mass is 332 g/mol. The predicted molar refractivity (Wildman–Crippen MR) is 79.7 cm³/mol. The molecular weight excluding hydrogens is 320 g/mol. The third-order valence-electron chi connectivity index (χ3n) is 3.13. The maximum atomic E-state index is 12.1. The van der Waals surface area contributed by atoms with Crippen LogP contribution in [-0.4, -0.2) is 50.3 Å². The number of nitrogens with zero attached hydrogens (tertiary/aromatic N) is 3. The Morgan fingerprint density at radius 1 is 1.26 bits per heavy atom. The van der Waals surface area contributed by atoms with Crippen LogP contribution in [0.2, 0.25) is 0 Å². The lowest BCUT2D eigenvalue weighted by atomic mass is 10.1. The Morgan fingerprint density at radius 2 is 1.91 bits per heavy atom. The number of aromatic nitrogens is 3. The second-order valence-electron chi connectivity index (χ2n) is 4.72. The molecule has 0 saturated heterocycles. The van der Waals surface area contributed by atoms with E-state index in [1.165, 1.54) is 0 Å². The first-order chi connectivity index (χ1) is 11.1. The summed E-state index contributed by atoms with van der Waals surface area (Å²) in [7, 11) is 0. The third-order valence-corrected chi connectivity index (χ3v) is 3.95. The lowest BCUT2D eigenvalue weighted by molar-refractivity contribution is -0.142. The Bertz CT molecular complexity index is 754. The number of hydrogen-bond acceptors (Lipinski definition) is 7. The van der Waals surface area contributed by atoms with Crippen LogP contribution in [0.15, 0.2) is 29.4 Å². The van der Waals surface area contributed by atoms with Crippen molar-refractivity contribution in [3.63, 3.8) is 0 Å². The number of hydrogen-bond donors (Lipinski definition) is 1. The summed E-state index contributed by atoms with van der Waals surface area (Å²) in [6, 6.07) is 6.49. The minimum atomic E-state index is -0.561. The molecule has 0 unspecified atom stereocenters. The number of carbonyl (C=O) groups excluding carboxylic acids is 3. The normalized spacial score (nSPS) is 13.3. The summed E-state index contributed by atoms with van der Waals surface area (Å²) < 4.78 is 4.99. The van der Waals surface area contributed by atoms with Gasteiger partial charge in [0.05, 0.1) is 16.9 Å². The molecule has 0 fully saturated rings. The molecule has 0 saturated carbocycles. The molecule has 0 bridgehead atoms. The molecule has 9 heteroatoms. The number of thioether (sulfide) groups is 1. The van der Waals surface area contributed by atoms with Crippen LogP contribution < -0.4 is 0 Å². The maximum Gasteiger partial charge on any atom is 0.318 e. The molecule has 1 aliphatic rings. The van der Waals surface area contributed by atoms with Gasteiger partial charge in [0.2, 0.25) is 5.16 Å². The van der Waals surface area contributed by atoms with Crippen LogP contribution in [0.4, 0.5) is 0 Å². The topological polar surface area (TPSA) is 105 Å². The van der Waals surface area contributed by atoms with Gasteiger partial charge in [-0.1, -0.05) is 23.9 Å². The smallest absolute Gasteiger partial charge is 0.318 e. The van der Waals surface area contributed by atoms with Crippen LogP contribution in [0, 0.1) is 6.92 Å². The van der Waals surface area contributed by atoms with E-state index >= 15 is 0 Å². The highest BCUT2D eigenvalue weighted by molar-refractivity contribution is 7.99. The van der Waals surface area contributed by atoms with Crippen molar-refractivity contribution in [2.45, 2.75) is 12.1 Å². The van der Waals surface area contributed by atoms with Crippen molar-refractivity contribution in [2.75, 3.05) is 12.5 Å². The van der Waals surface area contributed by atoms with Crippen molar-refractivity contribution in [2.24, 2.45) is 0 Å². The fraction of sp³-hybridized carbons (Fsp3) is 0.214. The van der Waals surface area contributed by atoms with E-state index in [4.69, 9.17) is 4.74 Å². The first-order valence-electron chi connectivity index (χ1n) is 6.69. The summed E-state index contributed by atoms with van der Waals surface area (Å²) in [4.78, 5) is 40.8. The molecule has 23 heavy (non-hydrogen) atoms. The first-order valence-corrected chi connectivity index (χ1v) is 7.67. The molecule has 3 rings (SSSR count). The van der Waals surface area contributed by atoms with Gasteiger partial charge in [0.15, 0.2) is 6.73 Å². The van der Waals surface area contributed by atoms with Crippen LogP contribution in [0.1, 0.15) is 26.5 Å². The summed E-state index contributed by atoms with van der Waals surface area (Å²) in [5.74, 6) is -0.854. The van der Waals surface area contributed by atoms with Gasteiger partial charge in [0.1, 0.15) is 5.82 Å². The highest BCUT2D eigenvalue weighted by Crippen LogP contribution is 2.22. The number of aryl methyl sites for hydroxylation is 1. The molecule has 2 heterocycles. The zero-order valence-corrected chi connectivity index (χ0v) is 12.9. The standard InChI is InChI=1S/C14H12N4O4S/c1-8-15-14(17-16-8)23-6-11(19)22-7-18-12(20)9-4-2-3-5-10(9)13(18)21/h2-5H,6-7H2,1H3,(H,15,16,17). The van der Waals surface area contributed by atoms with Crippen LogP contribution in [0.3, 0.4) is 0 Å². The van der Waals surface area contributed by atoms with E-state index in [9.17, 15) is 14.4 Å². The maximum absolute atomic E-state index is 12.1. The lowest BCUT2D eigenvalue weighted by Crippen LogP contribution is -2.33. The van der Waals surface area contributed by atoms with Crippen molar-refractivity contribution in [1.82, 2.24) is 20.1 Å². The van der Waals surface area contributed by atoms with Crippen molar-refractivity contribution in [3.8, 4) is 0 Å². The number of fused-ring (bicyclic) bond motifs is 1. The molecule has 1 aliphatic heterocycles. The molecule has 8 nitrogen and oxygen atoms in total. The average Bonchev–Trinajstić information content (AvgIpc) is 3.07. The zero-order valence-electron chi connectivity index (χ0n) is 12.1. The molecule has 1 aromatic heterocycles. The highest BCUT2D eigenvalue weighted by atomic mass is 32.2. The van der Waals surface area contributed by atoms with Crippen LogP contribution in [0.5, 0.6) is 0 Å². The Labute approximate surface area is 135 Å². The van der Waals surface area contributed by atoms with Crippen LogP contribution in [0.25, 0.3) is 0 Å². The number of rotatable bonds is 5. The van der Waals surface area contributed by atoms with Gasteiger partial charge >= 0.3 is 5.97 Å². The predicted octanol–water partition coefficient (Wildman–Crippen LogP) is 1.00. The van der Waals surface area contributed by atoms with Gasteiger partial charge in [-0.25, -0.2) is 9.88 Å². The Hall–Kier alpha value is -2.68. The number of H-pyrrole nitrogens is 1. The fourth-order valence-electron chi connectivity index (χ4n) is 2.04. The van der Waals surface area contributed by atoms with E-state index in [1.54, 1.807) is 31.2 Å². The second kappa shape index (κ2) is 6.21. The van der Waals surface area contributed by atoms with Crippen LogP contribution in [-0.2, 0) is 9.53 Å². The second-order valence-corrected chi connectivity index (χ2v) is 5.66. The van der Waals surface area contributed by atoms with Crippen molar-refractivity contribution in [3.05, 3.63) is 41.2 Å². The van der Waals surface area contributed by atoms with Crippen molar-refractivity contribution < 1.29 is 19.1 Å². The zero-order chi connectivity index (χ0) is 16.4. The van der Waals surface area contributed by atoms with Gasteiger partial charge < -0.3 is 4.74 Å². The molecule has 1 N–H and O–H groups in total. The largest absolute Gasteiger partial charge is 0.443 e. The number of amides is 2. The minimum Gasteiger partial charge on any atom is -0.443 e. The summed E-state index contributed by atoms with van der Waals surface area (Å²) in [6.07, 6.45) is 0. The van der Waals surface area contributed by atoms with Gasteiger partial charge in [-0.05, 0) is 19.1 Å². The summed E-state index contributed by atoms with van der Waals surface area (Å²) in [6.45, 7) is 1.34. The SMILES string of the molecule is Cc1nc(SCC(=O)OCN2C(=O)c3ccccc3C2=O)n[nH]1. The third kappa shape index (κ3) is 3.09. The molecule has 1 aromatic carbocycles. The molecule has 0 aliphatic carbocycles. The molecule has 0 spiro atoms. The van der Waals surface area contributed by atoms with E-state index in [0.29, 0.717) is 22.1 Å². The number of imide groups is 1. The van der Waals surface area contributed by atoms with Gasteiger partial charge in [-0.3, -0.25) is 19.5 Å². The van der Waals surface area contributed by atoms with Gasteiger partial charge in [0, 0.05) is 0 Å². The quantitative estimate of drug-likeness (QED) is 0.495. The van der Waals surface area contributed by atoms with E-state index in [-0.39, 0.29) is 5.75 Å². The van der Waals surface area contributed by atoms with Gasteiger partial charge in [0.25, 0.3) is 11.8 Å². The molecule has 2 aromatic rings. The Morgan fingerprint density at radius 3 is 2.48 bits per heavy atom. The van der Waals surface area contributed by atoms with Gasteiger partial charge in [-0.2, -0.15) is 0 Å². The molecule has 0 radical (unpaired) electrons. The van der Waals surface area contributed by atoms with Crippen molar-refractivity contribution in [1.29, 1.82) is 0 Å². The van der Waals surface area contributed by atoms with Crippen LogP contribution >= 0.6 is 11.8 Å². The first kappa shape index (κ1) is 15.2. The number of benzene rings is 1.